The van der Waals surface area contributed by atoms with Crippen LogP contribution in [0, 0.1) is 0 Å². The lowest BCUT2D eigenvalue weighted by molar-refractivity contribution is -0.130. The number of nitrogens with zero attached hydrogens (tertiary/aromatic N) is 7. The minimum Gasteiger partial charge on any atom is -0.338 e. The topological polar surface area (TPSA) is 81.7 Å². The fraction of sp³-hybridized carbons (Fsp3) is 0.318. The summed E-state index contributed by atoms with van der Waals surface area (Å²) in [6, 6.07) is 17.8. The molecule has 2 aromatic heterocycles. The zero-order chi connectivity index (χ0) is 20.9. The number of carbonyl (C=O) groups is 1. The smallest absolute Gasteiger partial charge is 0.222 e. The predicted molar refractivity (Wildman–Crippen MR) is 114 cm³/mol. The molecule has 0 fully saturated rings. The first-order valence-electron chi connectivity index (χ1n) is 10.2. The van der Waals surface area contributed by atoms with E-state index in [4.69, 9.17) is 4.98 Å². The Balaban J connectivity index is 1.32. The maximum atomic E-state index is 12.6. The maximum Gasteiger partial charge on any atom is 0.222 e. The number of aromatic nitrogens is 6. The van der Waals surface area contributed by atoms with Gasteiger partial charge in [-0.2, -0.15) is 4.80 Å². The quantitative estimate of drug-likeness (QED) is 0.451. The number of fused-ring (bicyclic) bond motifs is 1. The summed E-state index contributed by atoms with van der Waals surface area (Å²) < 4.78 is 2.16. The van der Waals surface area contributed by atoms with E-state index < -0.39 is 0 Å². The van der Waals surface area contributed by atoms with Crippen LogP contribution >= 0.6 is 0 Å². The predicted octanol–water partition coefficient (Wildman–Crippen LogP) is 3.15. The molecule has 2 aromatic carbocycles. The minimum absolute atomic E-state index is 0.0770. The van der Waals surface area contributed by atoms with E-state index in [0.717, 1.165) is 29.0 Å². The molecule has 0 bridgehead atoms. The highest BCUT2D eigenvalue weighted by Gasteiger charge is 2.15. The Morgan fingerprint density at radius 1 is 1.07 bits per heavy atom. The lowest BCUT2D eigenvalue weighted by atomic mass is 10.2. The summed E-state index contributed by atoms with van der Waals surface area (Å²) in [6.45, 7) is 3.95. The number of carbonyl (C=O) groups excluding carboxylic acids is 1. The van der Waals surface area contributed by atoms with Gasteiger partial charge in [0.1, 0.15) is 5.82 Å². The first kappa shape index (κ1) is 19.8. The molecule has 4 aromatic rings. The summed E-state index contributed by atoms with van der Waals surface area (Å²) in [5, 5.41) is 12.6. The Labute approximate surface area is 175 Å². The average Bonchev–Trinajstić information content (AvgIpc) is 3.38. The molecule has 0 aliphatic heterocycles. The number of hydrogen-bond donors (Lipinski definition) is 0. The maximum absolute atomic E-state index is 12.6. The molecule has 2 heterocycles. The van der Waals surface area contributed by atoms with Crippen LogP contribution in [0.2, 0.25) is 0 Å². The largest absolute Gasteiger partial charge is 0.338 e. The number of para-hydroxylation sites is 2. The molecule has 0 N–H and O–H groups in total. The number of aryl methyl sites for hydroxylation is 2. The molecule has 4 rings (SSSR count). The van der Waals surface area contributed by atoms with Crippen molar-refractivity contribution in [1.29, 1.82) is 0 Å². The third-order valence-electron chi connectivity index (χ3n) is 5.09. The van der Waals surface area contributed by atoms with Crippen LogP contribution in [-0.4, -0.2) is 47.6 Å². The molecule has 0 atom stereocenters. The van der Waals surface area contributed by atoms with Crippen molar-refractivity contribution in [3.63, 3.8) is 0 Å². The van der Waals surface area contributed by atoms with Gasteiger partial charge in [0.05, 0.1) is 24.1 Å². The molecule has 154 valence electrons. The summed E-state index contributed by atoms with van der Waals surface area (Å²) in [5.41, 5.74) is 2.99. The Morgan fingerprint density at radius 2 is 1.83 bits per heavy atom. The van der Waals surface area contributed by atoms with Gasteiger partial charge in [0.25, 0.3) is 0 Å². The van der Waals surface area contributed by atoms with Crippen molar-refractivity contribution in [2.45, 2.75) is 39.4 Å². The molecule has 0 aliphatic carbocycles. The first-order valence-corrected chi connectivity index (χ1v) is 10.2. The van der Waals surface area contributed by atoms with Crippen molar-refractivity contribution in [3.05, 3.63) is 60.4 Å². The average molecular weight is 403 g/mol. The lowest BCUT2D eigenvalue weighted by Crippen LogP contribution is -2.27. The molecular weight excluding hydrogens is 378 g/mol. The van der Waals surface area contributed by atoms with Gasteiger partial charge < -0.3 is 9.47 Å². The van der Waals surface area contributed by atoms with Crippen LogP contribution in [0.15, 0.2) is 54.6 Å². The number of benzene rings is 2. The molecule has 0 saturated heterocycles. The van der Waals surface area contributed by atoms with Crippen molar-refractivity contribution >= 4 is 16.9 Å². The van der Waals surface area contributed by atoms with Crippen LogP contribution in [0.4, 0.5) is 0 Å². The fourth-order valence-corrected chi connectivity index (χ4v) is 3.50. The zero-order valence-corrected chi connectivity index (χ0v) is 17.3. The van der Waals surface area contributed by atoms with Gasteiger partial charge in [-0.3, -0.25) is 4.79 Å². The second kappa shape index (κ2) is 8.86. The van der Waals surface area contributed by atoms with E-state index in [-0.39, 0.29) is 5.91 Å². The molecule has 8 heteroatoms. The molecule has 0 saturated carbocycles. The number of imidazole rings is 1. The van der Waals surface area contributed by atoms with Crippen LogP contribution in [-0.2, 0) is 24.4 Å². The highest BCUT2D eigenvalue weighted by atomic mass is 16.2. The third kappa shape index (κ3) is 4.22. The summed E-state index contributed by atoms with van der Waals surface area (Å²) in [4.78, 5) is 20.6. The van der Waals surface area contributed by atoms with Crippen molar-refractivity contribution in [2.24, 2.45) is 0 Å². The second-order valence-electron chi connectivity index (χ2n) is 7.19. The standard InChI is InChI=1S/C22H25N7O/c1-3-28-19-13-8-7-12-18(19)23-20(28)16-27(2)21(30)14-9-15-29-25-22(24-26-29)17-10-5-4-6-11-17/h4-8,10-13H,3,9,14-16H2,1-2H3. The van der Waals surface area contributed by atoms with Crippen molar-refractivity contribution in [1.82, 2.24) is 34.7 Å². The lowest BCUT2D eigenvalue weighted by Gasteiger charge is -2.17. The normalized spacial score (nSPS) is 11.1. The van der Waals surface area contributed by atoms with Crippen molar-refractivity contribution < 1.29 is 4.79 Å². The number of tetrazole rings is 1. The van der Waals surface area contributed by atoms with Crippen LogP contribution in [0.3, 0.4) is 0 Å². The molecule has 1 amide bonds. The van der Waals surface area contributed by atoms with Crippen LogP contribution in [0.25, 0.3) is 22.4 Å². The SMILES string of the molecule is CCn1c(CN(C)C(=O)CCCn2nnc(-c3ccccc3)n2)nc2ccccc21. The van der Waals surface area contributed by atoms with E-state index in [0.29, 0.717) is 31.8 Å². The molecule has 0 aliphatic rings. The van der Waals surface area contributed by atoms with Gasteiger partial charge in [0, 0.05) is 25.6 Å². The first-order chi connectivity index (χ1) is 14.7. The van der Waals surface area contributed by atoms with Gasteiger partial charge in [-0.25, -0.2) is 4.98 Å². The van der Waals surface area contributed by atoms with Crippen molar-refractivity contribution in [2.75, 3.05) is 7.05 Å². The number of amides is 1. The Kier molecular flexibility index (Phi) is 5.83. The van der Waals surface area contributed by atoms with E-state index in [2.05, 4.69) is 33.0 Å². The van der Waals surface area contributed by atoms with E-state index in [1.54, 1.807) is 9.70 Å². The van der Waals surface area contributed by atoms with Gasteiger partial charge in [-0.1, -0.05) is 42.5 Å². The van der Waals surface area contributed by atoms with Gasteiger partial charge in [-0.15, -0.1) is 10.2 Å². The highest BCUT2D eigenvalue weighted by Crippen LogP contribution is 2.17. The molecule has 30 heavy (non-hydrogen) atoms. The molecule has 0 unspecified atom stereocenters. The van der Waals surface area contributed by atoms with Crippen LogP contribution < -0.4 is 0 Å². The summed E-state index contributed by atoms with van der Waals surface area (Å²) in [6.07, 6.45) is 1.07. The third-order valence-corrected chi connectivity index (χ3v) is 5.09. The van der Waals surface area contributed by atoms with E-state index in [1.165, 1.54) is 0 Å². The van der Waals surface area contributed by atoms with Gasteiger partial charge >= 0.3 is 0 Å². The molecule has 0 radical (unpaired) electrons. The molecule has 8 nitrogen and oxygen atoms in total. The monoisotopic (exact) mass is 403 g/mol. The van der Waals surface area contributed by atoms with E-state index in [9.17, 15) is 4.79 Å². The van der Waals surface area contributed by atoms with E-state index in [1.807, 2.05) is 55.6 Å². The summed E-state index contributed by atoms with van der Waals surface area (Å²) in [7, 11) is 1.82. The number of rotatable bonds is 8. The molecular formula is C22H25N7O. The molecule has 0 spiro atoms. The summed E-state index contributed by atoms with van der Waals surface area (Å²) in [5.74, 6) is 1.57. The van der Waals surface area contributed by atoms with Crippen LogP contribution in [0.1, 0.15) is 25.6 Å². The minimum atomic E-state index is 0.0770. The number of hydrogen-bond acceptors (Lipinski definition) is 5. The van der Waals surface area contributed by atoms with Crippen LogP contribution in [0.5, 0.6) is 0 Å². The van der Waals surface area contributed by atoms with Gasteiger partial charge in [0.15, 0.2) is 0 Å². The Bertz CT molecular complexity index is 1130. The van der Waals surface area contributed by atoms with Crippen molar-refractivity contribution in [3.8, 4) is 11.4 Å². The fourth-order valence-electron chi connectivity index (χ4n) is 3.50. The van der Waals surface area contributed by atoms with Gasteiger partial charge in [-0.05, 0) is 30.7 Å². The Morgan fingerprint density at radius 3 is 2.63 bits per heavy atom. The Hall–Kier alpha value is -3.55. The highest BCUT2D eigenvalue weighted by molar-refractivity contribution is 5.77. The summed E-state index contributed by atoms with van der Waals surface area (Å²) >= 11 is 0. The van der Waals surface area contributed by atoms with E-state index >= 15 is 0 Å². The zero-order valence-electron chi connectivity index (χ0n) is 17.3. The second-order valence-corrected chi connectivity index (χ2v) is 7.19. The van der Waals surface area contributed by atoms with Gasteiger partial charge in [0.2, 0.25) is 11.7 Å².